The van der Waals surface area contributed by atoms with Crippen molar-refractivity contribution >= 4 is 24.0 Å². The molecule has 2 fully saturated rings. The SMILES string of the molecule is CN(C(=O)C1CC1)c1ccccc1-c1nc(C2(N)CCCC2)no1.Cl. The van der Waals surface area contributed by atoms with Gasteiger partial charge in [-0.1, -0.05) is 30.1 Å². The van der Waals surface area contributed by atoms with E-state index in [4.69, 9.17) is 10.3 Å². The fourth-order valence-corrected chi connectivity index (χ4v) is 3.43. The molecule has 2 aromatic rings. The molecule has 0 spiro atoms. The molecule has 1 heterocycles. The van der Waals surface area contributed by atoms with Gasteiger partial charge in [0.05, 0.1) is 16.8 Å². The molecule has 0 bridgehead atoms. The first-order chi connectivity index (χ1) is 11.6. The van der Waals surface area contributed by atoms with Gasteiger partial charge in [0, 0.05) is 13.0 Å². The molecule has 2 saturated carbocycles. The van der Waals surface area contributed by atoms with Crippen molar-refractivity contribution in [3.63, 3.8) is 0 Å². The lowest BCUT2D eigenvalue weighted by Gasteiger charge is -2.19. The summed E-state index contributed by atoms with van der Waals surface area (Å²) in [5.74, 6) is 1.30. The van der Waals surface area contributed by atoms with E-state index in [1.807, 2.05) is 24.3 Å². The maximum absolute atomic E-state index is 12.4. The van der Waals surface area contributed by atoms with E-state index in [1.165, 1.54) is 0 Å². The smallest absolute Gasteiger partial charge is 0.260 e. The molecule has 134 valence electrons. The summed E-state index contributed by atoms with van der Waals surface area (Å²) in [5, 5.41) is 4.12. The van der Waals surface area contributed by atoms with Crippen LogP contribution in [0.1, 0.15) is 44.3 Å². The summed E-state index contributed by atoms with van der Waals surface area (Å²) in [4.78, 5) is 18.6. The number of aromatic nitrogens is 2. The van der Waals surface area contributed by atoms with E-state index in [1.54, 1.807) is 11.9 Å². The number of benzene rings is 1. The predicted molar refractivity (Wildman–Crippen MR) is 97.4 cm³/mol. The predicted octanol–water partition coefficient (Wildman–Crippen LogP) is 3.26. The zero-order valence-electron chi connectivity index (χ0n) is 14.3. The highest BCUT2D eigenvalue weighted by molar-refractivity contribution is 5.98. The number of nitrogens with zero attached hydrogens (tertiary/aromatic N) is 3. The Morgan fingerprint density at radius 1 is 1.28 bits per heavy atom. The lowest BCUT2D eigenvalue weighted by Crippen LogP contribution is -2.34. The molecule has 6 nitrogen and oxygen atoms in total. The molecular formula is C18H23ClN4O2. The second kappa shape index (κ2) is 6.77. The summed E-state index contributed by atoms with van der Waals surface area (Å²) in [6.07, 6.45) is 5.91. The maximum Gasteiger partial charge on any atom is 0.260 e. The molecule has 1 aromatic heterocycles. The maximum atomic E-state index is 12.4. The minimum absolute atomic E-state index is 0. The highest BCUT2D eigenvalue weighted by Gasteiger charge is 2.37. The summed E-state index contributed by atoms with van der Waals surface area (Å²) in [5.41, 5.74) is 7.50. The van der Waals surface area contributed by atoms with E-state index in [2.05, 4.69) is 10.1 Å². The highest BCUT2D eigenvalue weighted by atomic mass is 35.5. The molecule has 2 N–H and O–H groups in total. The minimum atomic E-state index is -0.480. The van der Waals surface area contributed by atoms with Gasteiger partial charge in [0.2, 0.25) is 5.91 Å². The van der Waals surface area contributed by atoms with Crippen LogP contribution in [0.5, 0.6) is 0 Å². The molecule has 0 atom stereocenters. The van der Waals surface area contributed by atoms with Crippen molar-refractivity contribution in [3.05, 3.63) is 30.1 Å². The summed E-state index contributed by atoms with van der Waals surface area (Å²) in [6, 6.07) is 7.63. The lowest BCUT2D eigenvalue weighted by atomic mass is 9.98. The average Bonchev–Trinajstić information content (AvgIpc) is 3.15. The van der Waals surface area contributed by atoms with Crippen molar-refractivity contribution in [2.24, 2.45) is 11.7 Å². The Kier molecular flexibility index (Phi) is 4.84. The van der Waals surface area contributed by atoms with Crippen LogP contribution in [0.4, 0.5) is 5.69 Å². The molecule has 0 radical (unpaired) electrons. The second-order valence-corrected chi connectivity index (χ2v) is 6.98. The van der Waals surface area contributed by atoms with E-state index < -0.39 is 5.54 Å². The van der Waals surface area contributed by atoms with Crippen molar-refractivity contribution in [2.45, 2.75) is 44.1 Å². The number of anilines is 1. The lowest BCUT2D eigenvalue weighted by molar-refractivity contribution is -0.119. The van der Waals surface area contributed by atoms with Gasteiger partial charge in [-0.3, -0.25) is 4.79 Å². The zero-order chi connectivity index (χ0) is 16.7. The average molecular weight is 363 g/mol. The number of amides is 1. The summed E-state index contributed by atoms with van der Waals surface area (Å²) in [6.45, 7) is 0. The minimum Gasteiger partial charge on any atom is -0.334 e. The molecule has 1 amide bonds. The van der Waals surface area contributed by atoms with Crippen LogP contribution in [0.2, 0.25) is 0 Å². The van der Waals surface area contributed by atoms with Gasteiger partial charge in [0.15, 0.2) is 5.82 Å². The molecule has 4 rings (SSSR count). The Labute approximate surface area is 153 Å². The third kappa shape index (κ3) is 3.28. The van der Waals surface area contributed by atoms with Crippen molar-refractivity contribution in [3.8, 4) is 11.5 Å². The van der Waals surface area contributed by atoms with E-state index in [0.29, 0.717) is 11.7 Å². The van der Waals surface area contributed by atoms with Gasteiger partial charge in [-0.15, -0.1) is 12.4 Å². The highest BCUT2D eigenvalue weighted by Crippen LogP contribution is 2.38. The quantitative estimate of drug-likeness (QED) is 0.902. The number of carbonyl (C=O) groups is 1. The molecule has 7 heteroatoms. The van der Waals surface area contributed by atoms with Crippen molar-refractivity contribution < 1.29 is 9.32 Å². The van der Waals surface area contributed by atoms with Crippen LogP contribution < -0.4 is 10.6 Å². The first-order valence-electron chi connectivity index (χ1n) is 8.58. The van der Waals surface area contributed by atoms with Gasteiger partial charge in [-0.2, -0.15) is 4.98 Å². The van der Waals surface area contributed by atoms with Gasteiger partial charge in [0.25, 0.3) is 5.89 Å². The van der Waals surface area contributed by atoms with Crippen LogP contribution in [-0.2, 0) is 10.3 Å². The fraction of sp³-hybridized carbons (Fsp3) is 0.500. The van der Waals surface area contributed by atoms with Crippen LogP contribution in [0.25, 0.3) is 11.5 Å². The number of rotatable bonds is 4. The first-order valence-corrected chi connectivity index (χ1v) is 8.58. The van der Waals surface area contributed by atoms with Gasteiger partial charge in [0.1, 0.15) is 0 Å². The van der Waals surface area contributed by atoms with Crippen molar-refractivity contribution in [2.75, 3.05) is 11.9 Å². The molecular weight excluding hydrogens is 340 g/mol. The third-order valence-electron chi connectivity index (χ3n) is 5.12. The second-order valence-electron chi connectivity index (χ2n) is 6.98. The number of para-hydroxylation sites is 1. The standard InChI is InChI=1S/C18H22N4O2.ClH/c1-22(16(23)12-8-9-12)14-7-3-2-6-13(14)15-20-17(21-24-15)18(19)10-4-5-11-18;/h2-3,6-7,12H,4-5,8-11,19H2,1H3;1H. The van der Waals surface area contributed by atoms with E-state index in [-0.39, 0.29) is 24.2 Å². The molecule has 2 aliphatic carbocycles. The molecule has 0 saturated heterocycles. The van der Waals surface area contributed by atoms with E-state index >= 15 is 0 Å². The largest absolute Gasteiger partial charge is 0.334 e. The molecule has 0 aliphatic heterocycles. The number of hydrogen-bond acceptors (Lipinski definition) is 5. The number of nitrogens with two attached hydrogens (primary N) is 1. The topological polar surface area (TPSA) is 85.2 Å². The fourth-order valence-electron chi connectivity index (χ4n) is 3.43. The van der Waals surface area contributed by atoms with Gasteiger partial charge < -0.3 is 15.2 Å². The van der Waals surface area contributed by atoms with Gasteiger partial charge in [-0.05, 0) is 37.8 Å². The van der Waals surface area contributed by atoms with Crippen LogP contribution >= 0.6 is 12.4 Å². The Hall–Kier alpha value is -1.92. The summed E-state index contributed by atoms with van der Waals surface area (Å²) in [7, 11) is 1.80. The Bertz CT molecular complexity index is 766. The Balaban J connectivity index is 0.00000182. The van der Waals surface area contributed by atoms with Gasteiger partial charge in [-0.25, -0.2) is 0 Å². The van der Waals surface area contributed by atoms with Crippen LogP contribution in [0, 0.1) is 5.92 Å². The van der Waals surface area contributed by atoms with Crippen molar-refractivity contribution in [1.29, 1.82) is 0 Å². The zero-order valence-corrected chi connectivity index (χ0v) is 15.1. The summed E-state index contributed by atoms with van der Waals surface area (Å²) >= 11 is 0. The normalized spacial score (nSPS) is 18.6. The third-order valence-corrected chi connectivity index (χ3v) is 5.12. The molecule has 2 aliphatic rings. The van der Waals surface area contributed by atoms with Crippen LogP contribution in [-0.4, -0.2) is 23.1 Å². The summed E-state index contributed by atoms with van der Waals surface area (Å²) < 4.78 is 5.50. The Morgan fingerprint density at radius 2 is 1.96 bits per heavy atom. The van der Waals surface area contributed by atoms with E-state index in [9.17, 15) is 4.79 Å². The number of carbonyl (C=O) groups excluding carboxylic acids is 1. The molecule has 25 heavy (non-hydrogen) atoms. The monoisotopic (exact) mass is 362 g/mol. The first kappa shape index (κ1) is 17.9. The number of hydrogen-bond donors (Lipinski definition) is 1. The Morgan fingerprint density at radius 3 is 2.64 bits per heavy atom. The van der Waals surface area contributed by atoms with E-state index in [0.717, 1.165) is 49.8 Å². The van der Waals surface area contributed by atoms with Gasteiger partial charge >= 0.3 is 0 Å². The molecule has 0 unspecified atom stereocenters. The van der Waals surface area contributed by atoms with Crippen LogP contribution in [0.15, 0.2) is 28.8 Å². The van der Waals surface area contributed by atoms with Crippen LogP contribution in [0.3, 0.4) is 0 Å². The van der Waals surface area contributed by atoms with Crippen molar-refractivity contribution in [1.82, 2.24) is 10.1 Å². The molecule has 1 aromatic carbocycles. The number of halogens is 1.